The lowest BCUT2D eigenvalue weighted by Gasteiger charge is -2.17. The van der Waals surface area contributed by atoms with Crippen molar-refractivity contribution < 1.29 is 27.5 Å². The molecule has 1 aromatic heterocycles. The zero-order valence-electron chi connectivity index (χ0n) is 16.5. The molecule has 0 fully saturated rings. The molecule has 0 saturated carbocycles. The van der Waals surface area contributed by atoms with Gasteiger partial charge in [0, 0.05) is 11.8 Å². The third-order valence-corrected chi connectivity index (χ3v) is 4.96. The Morgan fingerprint density at radius 2 is 2.03 bits per heavy atom. The first-order valence-corrected chi connectivity index (χ1v) is 9.50. The van der Waals surface area contributed by atoms with Crippen LogP contribution in [0.1, 0.15) is 40.9 Å². The van der Waals surface area contributed by atoms with Crippen LogP contribution in [0.25, 0.3) is 0 Å². The minimum Gasteiger partial charge on any atom is -0.453 e. The molecule has 0 radical (unpaired) electrons. The summed E-state index contributed by atoms with van der Waals surface area (Å²) in [4.78, 5) is 32.1. The van der Waals surface area contributed by atoms with Crippen molar-refractivity contribution in [1.82, 2.24) is 15.6 Å². The van der Waals surface area contributed by atoms with Crippen LogP contribution in [0.3, 0.4) is 0 Å². The largest absolute Gasteiger partial charge is 0.453 e. The number of rotatable bonds is 4. The molecule has 7 nitrogen and oxygen atoms in total. The number of halogens is 4. The molecule has 1 aromatic carbocycles. The SMILES string of the molecule is COC(=O)NC1=NCc2cc(CC(=O)N[C@H](C)c3ccc(Cl)c(C(F)(F)F)c3)ncc21. The number of benzene rings is 1. The van der Waals surface area contributed by atoms with E-state index in [1.807, 2.05) is 0 Å². The van der Waals surface area contributed by atoms with Gasteiger partial charge in [-0.1, -0.05) is 17.7 Å². The van der Waals surface area contributed by atoms with E-state index in [9.17, 15) is 22.8 Å². The number of ether oxygens (including phenoxy) is 1. The second-order valence-corrected chi connectivity index (χ2v) is 7.22. The van der Waals surface area contributed by atoms with Crippen LogP contribution in [-0.4, -0.2) is 29.9 Å². The highest BCUT2D eigenvalue weighted by Crippen LogP contribution is 2.36. The first-order chi connectivity index (χ1) is 14.6. The van der Waals surface area contributed by atoms with Crippen molar-refractivity contribution in [1.29, 1.82) is 0 Å². The average molecular weight is 455 g/mol. The van der Waals surface area contributed by atoms with Gasteiger partial charge in [-0.05, 0) is 36.2 Å². The van der Waals surface area contributed by atoms with Crippen LogP contribution in [0, 0.1) is 0 Å². The molecule has 2 N–H and O–H groups in total. The molecule has 0 saturated heterocycles. The number of nitrogens with one attached hydrogen (secondary N) is 2. The summed E-state index contributed by atoms with van der Waals surface area (Å²) in [5.41, 5.74) is 1.20. The summed E-state index contributed by atoms with van der Waals surface area (Å²) in [5.74, 6) is -0.0718. The number of methoxy groups -OCH3 is 1. The van der Waals surface area contributed by atoms with E-state index in [1.165, 1.54) is 19.4 Å². The van der Waals surface area contributed by atoms with Gasteiger partial charge in [0.15, 0.2) is 0 Å². The lowest BCUT2D eigenvalue weighted by Crippen LogP contribution is -2.30. The Kier molecular flexibility index (Phi) is 6.49. The maximum atomic E-state index is 13.0. The Morgan fingerprint density at radius 3 is 2.71 bits per heavy atom. The Bertz CT molecular complexity index is 1060. The van der Waals surface area contributed by atoms with E-state index in [2.05, 4.69) is 25.3 Å². The summed E-state index contributed by atoms with van der Waals surface area (Å²) in [7, 11) is 1.24. The van der Waals surface area contributed by atoms with Gasteiger partial charge in [-0.15, -0.1) is 0 Å². The summed E-state index contributed by atoms with van der Waals surface area (Å²) in [5, 5.41) is 4.75. The van der Waals surface area contributed by atoms with E-state index in [0.29, 0.717) is 23.6 Å². The summed E-state index contributed by atoms with van der Waals surface area (Å²) in [6, 6.07) is 4.54. The smallest absolute Gasteiger partial charge is 0.417 e. The first kappa shape index (κ1) is 22.5. The lowest BCUT2D eigenvalue weighted by atomic mass is 10.0. The summed E-state index contributed by atoms with van der Waals surface area (Å²) in [6.07, 6.45) is -3.82. The molecule has 2 aromatic rings. The van der Waals surface area contributed by atoms with Gasteiger partial charge in [-0.25, -0.2) is 4.79 Å². The highest BCUT2D eigenvalue weighted by molar-refractivity contribution is 6.31. The van der Waals surface area contributed by atoms with Gasteiger partial charge in [0.05, 0.1) is 42.4 Å². The van der Waals surface area contributed by atoms with Crippen LogP contribution < -0.4 is 10.6 Å². The molecule has 2 amide bonds. The van der Waals surface area contributed by atoms with Gasteiger partial charge >= 0.3 is 12.3 Å². The maximum Gasteiger partial charge on any atom is 0.417 e. The van der Waals surface area contributed by atoms with Crippen LogP contribution in [0.15, 0.2) is 35.5 Å². The molecule has 3 rings (SSSR count). The molecular weight excluding hydrogens is 437 g/mol. The predicted molar refractivity (Wildman–Crippen MR) is 107 cm³/mol. The zero-order chi connectivity index (χ0) is 22.8. The predicted octanol–water partition coefficient (Wildman–Crippen LogP) is 3.79. The van der Waals surface area contributed by atoms with Gasteiger partial charge in [-0.2, -0.15) is 13.2 Å². The number of nitrogens with zero attached hydrogens (tertiary/aromatic N) is 2. The zero-order valence-corrected chi connectivity index (χ0v) is 17.3. The van der Waals surface area contributed by atoms with Gasteiger partial charge in [0.25, 0.3) is 0 Å². The van der Waals surface area contributed by atoms with Gasteiger partial charge in [0.1, 0.15) is 5.84 Å². The molecule has 1 aliphatic rings. The molecule has 0 unspecified atom stereocenters. The summed E-state index contributed by atoms with van der Waals surface area (Å²) in [6.45, 7) is 1.89. The third kappa shape index (κ3) is 5.32. The number of carbonyl (C=O) groups is 2. The normalized spacial score (nSPS) is 13.8. The first-order valence-electron chi connectivity index (χ1n) is 9.12. The van der Waals surface area contributed by atoms with E-state index in [-0.39, 0.29) is 12.0 Å². The molecule has 0 aliphatic carbocycles. The number of fused-ring (bicyclic) bond motifs is 1. The van der Waals surface area contributed by atoms with Crippen LogP contribution in [0.2, 0.25) is 5.02 Å². The topological polar surface area (TPSA) is 92.7 Å². The second kappa shape index (κ2) is 8.93. The number of amidine groups is 1. The van der Waals surface area contributed by atoms with Gasteiger partial charge in [-0.3, -0.25) is 20.1 Å². The maximum absolute atomic E-state index is 13.0. The van der Waals surface area contributed by atoms with Crippen molar-refractivity contribution in [3.63, 3.8) is 0 Å². The fourth-order valence-corrected chi connectivity index (χ4v) is 3.29. The minimum absolute atomic E-state index is 0.0723. The van der Waals surface area contributed by atoms with Crippen LogP contribution >= 0.6 is 11.6 Å². The third-order valence-electron chi connectivity index (χ3n) is 4.63. The van der Waals surface area contributed by atoms with Crippen molar-refractivity contribution >= 4 is 29.4 Å². The quantitative estimate of drug-likeness (QED) is 0.735. The van der Waals surface area contributed by atoms with E-state index in [0.717, 1.165) is 17.7 Å². The average Bonchev–Trinajstić information content (AvgIpc) is 3.09. The fraction of sp³-hybridized carbons (Fsp3) is 0.300. The minimum atomic E-state index is -4.59. The molecule has 0 bridgehead atoms. The number of hydrogen-bond donors (Lipinski definition) is 2. The highest BCUT2D eigenvalue weighted by atomic mass is 35.5. The standard InChI is InChI=1S/C20H18ClF3N4O3/c1-10(11-3-4-16(21)15(6-11)20(22,23)24)27-17(29)7-13-5-12-8-26-18(14(12)9-25-13)28-19(30)31-2/h3-6,9-10H,7-8H2,1-2H3,(H,27,29)(H,26,28,30)/t10-/m1/s1. The number of carbonyl (C=O) groups excluding carboxylic acids is 2. The molecule has 164 valence electrons. The van der Waals surface area contributed by atoms with E-state index < -0.39 is 34.8 Å². The van der Waals surface area contributed by atoms with Gasteiger partial charge < -0.3 is 10.1 Å². The molecule has 1 aliphatic heterocycles. The number of aromatic nitrogens is 1. The number of amides is 2. The van der Waals surface area contributed by atoms with Crippen LogP contribution in [0.4, 0.5) is 18.0 Å². The van der Waals surface area contributed by atoms with Gasteiger partial charge in [0.2, 0.25) is 5.91 Å². The number of alkyl halides is 3. The fourth-order valence-electron chi connectivity index (χ4n) is 3.06. The monoisotopic (exact) mass is 454 g/mol. The Hall–Kier alpha value is -3.14. The Labute approximate surface area is 180 Å². The number of alkyl carbamates (subject to hydrolysis) is 1. The molecule has 31 heavy (non-hydrogen) atoms. The van der Waals surface area contributed by atoms with Crippen molar-refractivity contribution in [3.05, 3.63) is 63.4 Å². The molecule has 0 spiro atoms. The summed E-state index contributed by atoms with van der Waals surface area (Å²) >= 11 is 5.64. The van der Waals surface area contributed by atoms with Crippen molar-refractivity contribution in [2.45, 2.75) is 32.1 Å². The van der Waals surface area contributed by atoms with E-state index in [4.69, 9.17) is 11.6 Å². The van der Waals surface area contributed by atoms with Crippen LogP contribution in [-0.2, 0) is 28.7 Å². The molecular formula is C20H18ClF3N4O3. The summed E-state index contributed by atoms with van der Waals surface area (Å²) < 4.78 is 43.7. The van der Waals surface area contributed by atoms with E-state index >= 15 is 0 Å². The Morgan fingerprint density at radius 1 is 1.29 bits per heavy atom. The highest BCUT2D eigenvalue weighted by Gasteiger charge is 2.33. The van der Waals surface area contributed by atoms with Crippen molar-refractivity contribution in [2.75, 3.05) is 7.11 Å². The number of pyridine rings is 1. The van der Waals surface area contributed by atoms with Crippen LogP contribution in [0.5, 0.6) is 0 Å². The second-order valence-electron chi connectivity index (χ2n) is 6.82. The lowest BCUT2D eigenvalue weighted by molar-refractivity contribution is -0.137. The number of aliphatic imine (C=N–C) groups is 1. The van der Waals surface area contributed by atoms with Crippen molar-refractivity contribution in [2.24, 2.45) is 4.99 Å². The molecule has 2 heterocycles. The van der Waals surface area contributed by atoms with E-state index in [1.54, 1.807) is 13.0 Å². The molecule has 1 atom stereocenters. The number of hydrogen-bond acceptors (Lipinski definition) is 5. The van der Waals surface area contributed by atoms with Crippen molar-refractivity contribution in [3.8, 4) is 0 Å². The Balaban J connectivity index is 1.65. The molecule has 11 heteroatoms.